The first kappa shape index (κ1) is 14.2. The molecule has 0 bridgehead atoms. The van der Waals surface area contributed by atoms with Gasteiger partial charge in [0.1, 0.15) is 0 Å². The monoisotopic (exact) mass is 290 g/mol. The summed E-state index contributed by atoms with van der Waals surface area (Å²) in [5, 5.41) is 5.03. The van der Waals surface area contributed by atoms with Gasteiger partial charge in [-0.25, -0.2) is 13.6 Å². The van der Waals surface area contributed by atoms with Crippen molar-refractivity contribution >= 4 is 21.6 Å². The van der Waals surface area contributed by atoms with Crippen LogP contribution in [-0.2, 0) is 10.0 Å². The van der Waals surface area contributed by atoms with Gasteiger partial charge in [0.2, 0.25) is 10.0 Å². The van der Waals surface area contributed by atoms with Crippen molar-refractivity contribution in [3.05, 3.63) is 60.2 Å². The smallest absolute Gasteiger partial charge is 0.258 e. The van der Waals surface area contributed by atoms with Crippen LogP contribution in [0.15, 0.2) is 59.5 Å². The number of carbonyl (C=O) groups excluding carboxylic acids is 1. The number of benzene rings is 2. The maximum absolute atomic E-state index is 12.2. The quantitative estimate of drug-likeness (QED) is 0.932. The molecule has 6 heteroatoms. The third kappa shape index (κ3) is 3.04. The molecule has 2 rings (SSSR count). The van der Waals surface area contributed by atoms with Crippen molar-refractivity contribution in [3.63, 3.8) is 0 Å². The standard InChI is InChI=1S/C14H14N2O3S/c1-16(14(17)11-5-3-2-4-6-11)12-7-9-13(10-8-12)20(15,18)19/h2-10H,1H3,(H2,15,18,19). The Hall–Kier alpha value is -2.18. The Kier molecular flexibility index (Phi) is 3.87. The van der Waals surface area contributed by atoms with Gasteiger partial charge >= 0.3 is 0 Å². The van der Waals surface area contributed by atoms with E-state index in [2.05, 4.69) is 0 Å². The van der Waals surface area contributed by atoms with Gasteiger partial charge in [0.15, 0.2) is 0 Å². The Labute approximate surface area is 117 Å². The Morgan fingerprint density at radius 1 is 1.00 bits per heavy atom. The van der Waals surface area contributed by atoms with Crippen LogP contribution in [0.5, 0.6) is 0 Å². The van der Waals surface area contributed by atoms with Crippen molar-refractivity contribution in [2.75, 3.05) is 11.9 Å². The van der Waals surface area contributed by atoms with Crippen molar-refractivity contribution in [3.8, 4) is 0 Å². The molecule has 0 unspecified atom stereocenters. The van der Waals surface area contributed by atoms with Crippen LogP contribution in [0.2, 0.25) is 0 Å². The summed E-state index contributed by atoms with van der Waals surface area (Å²) in [6.07, 6.45) is 0. The largest absolute Gasteiger partial charge is 0.311 e. The van der Waals surface area contributed by atoms with Crippen LogP contribution in [0.3, 0.4) is 0 Å². The van der Waals surface area contributed by atoms with Crippen LogP contribution in [0.25, 0.3) is 0 Å². The van der Waals surface area contributed by atoms with Gasteiger partial charge in [-0.05, 0) is 36.4 Å². The second-order valence-electron chi connectivity index (χ2n) is 4.27. The van der Waals surface area contributed by atoms with Crippen molar-refractivity contribution < 1.29 is 13.2 Å². The van der Waals surface area contributed by atoms with E-state index in [4.69, 9.17) is 5.14 Å². The topological polar surface area (TPSA) is 80.5 Å². The van der Waals surface area contributed by atoms with E-state index < -0.39 is 10.0 Å². The molecule has 0 atom stereocenters. The highest BCUT2D eigenvalue weighted by Gasteiger charge is 2.14. The average molecular weight is 290 g/mol. The van der Waals surface area contributed by atoms with E-state index >= 15 is 0 Å². The molecule has 0 saturated heterocycles. The Balaban J connectivity index is 2.26. The minimum absolute atomic E-state index is 0.0156. The van der Waals surface area contributed by atoms with Gasteiger partial charge in [-0.1, -0.05) is 18.2 Å². The number of anilines is 1. The van der Waals surface area contributed by atoms with E-state index in [1.807, 2.05) is 6.07 Å². The van der Waals surface area contributed by atoms with Gasteiger partial charge in [0.25, 0.3) is 5.91 Å². The van der Waals surface area contributed by atoms with Crippen LogP contribution < -0.4 is 10.0 Å². The lowest BCUT2D eigenvalue weighted by atomic mass is 10.2. The molecular formula is C14H14N2O3S. The van der Waals surface area contributed by atoms with E-state index in [0.717, 1.165) is 0 Å². The first-order valence-corrected chi connectivity index (χ1v) is 7.40. The van der Waals surface area contributed by atoms with Crippen LogP contribution in [0.1, 0.15) is 10.4 Å². The second kappa shape index (κ2) is 5.44. The molecule has 20 heavy (non-hydrogen) atoms. The van der Waals surface area contributed by atoms with Crippen LogP contribution in [0.4, 0.5) is 5.69 Å². The maximum atomic E-state index is 12.2. The van der Waals surface area contributed by atoms with Gasteiger partial charge in [-0.3, -0.25) is 4.79 Å². The summed E-state index contributed by atoms with van der Waals surface area (Å²) in [6.45, 7) is 0. The SMILES string of the molecule is CN(C(=O)c1ccccc1)c1ccc(S(N)(=O)=O)cc1. The van der Waals surface area contributed by atoms with Gasteiger partial charge < -0.3 is 4.90 Å². The zero-order valence-corrected chi connectivity index (χ0v) is 11.7. The molecular weight excluding hydrogens is 276 g/mol. The summed E-state index contributed by atoms with van der Waals surface area (Å²) in [5.74, 6) is -0.172. The fourth-order valence-corrected chi connectivity index (χ4v) is 2.27. The molecule has 0 aliphatic carbocycles. The molecule has 0 fully saturated rings. The highest BCUT2D eigenvalue weighted by molar-refractivity contribution is 7.89. The van der Waals surface area contributed by atoms with Crippen LogP contribution >= 0.6 is 0 Å². The molecule has 0 spiro atoms. The highest BCUT2D eigenvalue weighted by Crippen LogP contribution is 2.18. The van der Waals surface area contributed by atoms with E-state index in [1.54, 1.807) is 43.4 Å². The lowest BCUT2D eigenvalue weighted by Crippen LogP contribution is -2.26. The Morgan fingerprint density at radius 2 is 1.55 bits per heavy atom. The normalized spacial score (nSPS) is 11.1. The van der Waals surface area contributed by atoms with E-state index in [0.29, 0.717) is 11.3 Å². The van der Waals surface area contributed by atoms with Crippen molar-refractivity contribution in [1.29, 1.82) is 0 Å². The maximum Gasteiger partial charge on any atom is 0.258 e. The summed E-state index contributed by atoms with van der Waals surface area (Å²) in [6, 6.07) is 14.7. The fourth-order valence-electron chi connectivity index (χ4n) is 1.75. The number of hydrogen-bond acceptors (Lipinski definition) is 3. The number of carbonyl (C=O) groups is 1. The Morgan fingerprint density at radius 3 is 2.05 bits per heavy atom. The summed E-state index contributed by atoms with van der Waals surface area (Å²) in [7, 11) is -2.09. The van der Waals surface area contributed by atoms with Crippen molar-refractivity contribution in [2.45, 2.75) is 4.90 Å². The molecule has 2 aromatic rings. The molecule has 2 aromatic carbocycles. The molecule has 0 heterocycles. The molecule has 0 aliphatic heterocycles. The molecule has 1 amide bonds. The highest BCUT2D eigenvalue weighted by atomic mass is 32.2. The van der Waals surface area contributed by atoms with Gasteiger partial charge in [0, 0.05) is 18.3 Å². The van der Waals surface area contributed by atoms with Crippen molar-refractivity contribution in [2.24, 2.45) is 5.14 Å². The minimum atomic E-state index is -3.72. The second-order valence-corrected chi connectivity index (χ2v) is 5.83. The predicted molar refractivity (Wildman–Crippen MR) is 77.0 cm³/mol. The third-order valence-electron chi connectivity index (χ3n) is 2.88. The molecule has 2 N–H and O–H groups in total. The number of hydrogen-bond donors (Lipinski definition) is 1. The summed E-state index contributed by atoms with van der Waals surface area (Å²) >= 11 is 0. The summed E-state index contributed by atoms with van der Waals surface area (Å²) < 4.78 is 22.3. The number of nitrogens with zero attached hydrogens (tertiary/aromatic N) is 1. The van der Waals surface area contributed by atoms with Gasteiger partial charge in [0.05, 0.1) is 4.90 Å². The zero-order valence-electron chi connectivity index (χ0n) is 10.9. The zero-order chi connectivity index (χ0) is 14.8. The van der Waals surface area contributed by atoms with Gasteiger partial charge in [-0.15, -0.1) is 0 Å². The summed E-state index contributed by atoms with van der Waals surface area (Å²) in [4.78, 5) is 13.7. The minimum Gasteiger partial charge on any atom is -0.311 e. The number of primary sulfonamides is 1. The van der Waals surface area contributed by atoms with E-state index in [9.17, 15) is 13.2 Å². The molecule has 0 aliphatic rings. The van der Waals surface area contributed by atoms with Crippen LogP contribution in [-0.4, -0.2) is 21.4 Å². The average Bonchev–Trinajstić information content (AvgIpc) is 2.46. The molecule has 5 nitrogen and oxygen atoms in total. The molecule has 104 valence electrons. The van der Waals surface area contributed by atoms with Crippen LogP contribution in [0, 0.1) is 0 Å². The molecule has 0 aromatic heterocycles. The van der Waals surface area contributed by atoms with E-state index in [-0.39, 0.29) is 10.8 Å². The predicted octanol–water partition coefficient (Wildman–Crippen LogP) is 1.61. The molecule has 0 saturated carbocycles. The lowest BCUT2D eigenvalue weighted by molar-refractivity contribution is 0.0993. The third-order valence-corrected chi connectivity index (χ3v) is 3.81. The van der Waals surface area contributed by atoms with Gasteiger partial charge in [-0.2, -0.15) is 0 Å². The number of nitrogens with two attached hydrogens (primary N) is 1. The first-order chi connectivity index (χ1) is 9.39. The number of rotatable bonds is 3. The fraction of sp³-hybridized carbons (Fsp3) is 0.0714. The number of amides is 1. The number of sulfonamides is 1. The first-order valence-electron chi connectivity index (χ1n) is 5.85. The summed E-state index contributed by atoms with van der Waals surface area (Å²) in [5.41, 5.74) is 1.15. The van der Waals surface area contributed by atoms with Crippen molar-refractivity contribution in [1.82, 2.24) is 0 Å². The lowest BCUT2D eigenvalue weighted by Gasteiger charge is -2.17. The van der Waals surface area contributed by atoms with E-state index in [1.165, 1.54) is 17.0 Å². The Bertz CT molecular complexity index is 710. The molecule has 0 radical (unpaired) electrons.